The van der Waals surface area contributed by atoms with Crippen molar-refractivity contribution in [3.63, 3.8) is 0 Å². The molecule has 156 valence electrons. The summed E-state index contributed by atoms with van der Waals surface area (Å²) in [6.45, 7) is 4.38. The molecule has 2 aromatic carbocycles. The van der Waals surface area contributed by atoms with Crippen LogP contribution in [0.4, 0.5) is 15.2 Å². The number of fused-ring (bicyclic) bond motifs is 1. The van der Waals surface area contributed by atoms with Gasteiger partial charge < -0.3 is 19.4 Å². The number of ether oxygens (including phenoxy) is 1. The van der Waals surface area contributed by atoms with Crippen LogP contribution in [-0.2, 0) is 4.79 Å². The number of halogens is 1. The Labute approximate surface area is 178 Å². The van der Waals surface area contributed by atoms with Crippen LogP contribution < -0.4 is 14.5 Å². The third-order valence-electron chi connectivity index (χ3n) is 5.87. The highest BCUT2D eigenvalue weighted by Gasteiger charge is 2.37. The fraction of sp³-hybridized carbons (Fsp3) is 0.364. The van der Waals surface area contributed by atoms with E-state index in [1.807, 2.05) is 23.1 Å². The second-order valence-electron chi connectivity index (χ2n) is 7.72. The average molecular weight is 427 g/mol. The summed E-state index contributed by atoms with van der Waals surface area (Å²) < 4.78 is 19.5. The highest BCUT2D eigenvalue weighted by Crippen LogP contribution is 2.35. The van der Waals surface area contributed by atoms with Crippen LogP contribution in [0.2, 0.25) is 0 Å². The molecule has 1 amide bonds. The first kappa shape index (κ1) is 19.1. The number of carbonyl (C=O) groups excluding carboxylic acids is 1. The molecule has 2 aliphatic rings. The number of aromatic nitrogens is 1. The van der Waals surface area contributed by atoms with Crippen LogP contribution in [0, 0.1) is 11.7 Å². The molecular weight excluding hydrogens is 403 g/mol. The lowest BCUT2D eigenvalue weighted by Gasteiger charge is -2.43. The van der Waals surface area contributed by atoms with E-state index in [2.05, 4.69) is 9.80 Å². The van der Waals surface area contributed by atoms with E-state index >= 15 is 0 Å². The minimum absolute atomic E-state index is 0.0314. The Hall–Kier alpha value is -2.87. The van der Waals surface area contributed by atoms with Crippen molar-refractivity contribution in [2.75, 3.05) is 56.2 Å². The number of piperazine rings is 1. The normalized spacial score (nSPS) is 17.3. The first-order valence-electron chi connectivity index (χ1n) is 10.1. The standard InChI is InChI=1S/C22H23FN4O2S/c1-29-18-6-7-19-20(12-18)30-22(24-19)27-13-15(14-27)21(28)26-10-8-25(9-11-26)17-4-2-16(23)3-5-17/h2-7,12,15H,8-11,13-14H2,1H3. The number of thiazole rings is 1. The fourth-order valence-electron chi connectivity index (χ4n) is 4.04. The van der Waals surface area contributed by atoms with E-state index in [-0.39, 0.29) is 17.6 Å². The van der Waals surface area contributed by atoms with Gasteiger partial charge >= 0.3 is 0 Å². The summed E-state index contributed by atoms with van der Waals surface area (Å²) in [5, 5.41) is 0.962. The molecule has 2 fully saturated rings. The molecule has 0 saturated carbocycles. The van der Waals surface area contributed by atoms with Crippen LogP contribution in [0.25, 0.3) is 10.2 Å². The van der Waals surface area contributed by atoms with Crippen molar-refractivity contribution in [2.45, 2.75) is 0 Å². The molecule has 8 heteroatoms. The van der Waals surface area contributed by atoms with Crippen LogP contribution in [0.3, 0.4) is 0 Å². The van der Waals surface area contributed by atoms with Gasteiger partial charge in [0.05, 0.1) is 23.2 Å². The van der Waals surface area contributed by atoms with Crippen molar-refractivity contribution in [2.24, 2.45) is 5.92 Å². The van der Waals surface area contributed by atoms with Gasteiger partial charge in [0, 0.05) is 45.0 Å². The van der Waals surface area contributed by atoms with Gasteiger partial charge in [-0.25, -0.2) is 9.37 Å². The molecular formula is C22H23FN4O2S. The van der Waals surface area contributed by atoms with Crippen molar-refractivity contribution in [1.82, 2.24) is 9.88 Å². The smallest absolute Gasteiger partial charge is 0.229 e. The summed E-state index contributed by atoms with van der Waals surface area (Å²) in [4.78, 5) is 23.9. The maximum atomic E-state index is 13.1. The van der Waals surface area contributed by atoms with Gasteiger partial charge in [0.15, 0.2) is 5.13 Å². The molecule has 0 bridgehead atoms. The Kier molecular flexibility index (Phi) is 4.94. The number of methoxy groups -OCH3 is 1. The summed E-state index contributed by atoms with van der Waals surface area (Å²) in [7, 11) is 1.66. The first-order valence-corrected chi connectivity index (χ1v) is 10.9. The summed E-state index contributed by atoms with van der Waals surface area (Å²) >= 11 is 1.64. The molecule has 30 heavy (non-hydrogen) atoms. The fourth-order valence-corrected chi connectivity index (χ4v) is 5.05. The van der Waals surface area contributed by atoms with E-state index in [1.54, 1.807) is 30.6 Å². The van der Waals surface area contributed by atoms with E-state index in [0.717, 1.165) is 39.9 Å². The average Bonchev–Trinajstić information content (AvgIpc) is 3.15. The predicted molar refractivity (Wildman–Crippen MR) is 117 cm³/mol. The topological polar surface area (TPSA) is 48.9 Å². The quantitative estimate of drug-likeness (QED) is 0.641. The summed E-state index contributed by atoms with van der Waals surface area (Å²) in [6, 6.07) is 12.4. The third-order valence-corrected chi connectivity index (χ3v) is 6.95. The molecule has 0 aliphatic carbocycles. The lowest BCUT2D eigenvalue weighted by atomic mass is 9.99. The molecule has 0 spiro atoms. The molecule has 2 aliphatic heterocycles. The number of benzene rings is 2. The number of amides is 1. The van der Waals surface area contributed by atoms with Gasteiger partial charge in [-0.15, -0.1) is 0 Å². The molecule has 0 atom stereocenters. The second-order valence-corrected chi connectivity index (χ2v) is 8.73. The Morgan fingerprint density at radius 1 is 1.07 bits per heavy atom. The van der Waals surface area contributed by atoms with Crippen molar-refractivity contribution in [3.8, 4) is 5.75 Å². The van der Waals surface area contributed by atoms with Crippen LogP contribution in [-0.4, -0.2) is 62.2 Å². The maximum absolute atomic E-state index is 13.1. The summed E-state index contributed by atoms with van der Waals surface area (Å²) in [5.74, 6) is 0.861. The highest BCUT2D eigenvalue weighted by molar-refractivity contribution is 7.22. The zero-order valence-electron chi connectivity index (χ0n) is 16.8. The molecule has 5 rings (SSSR count). The predicted octanol–water partition coefficient (Wildman–Crippen LogP) is 3.23. The van der Waals surface area contributed by atoms with E-state index in [9.17, 15) is 9.18 Å². The van der Waals surface area contributed by atoms with Crippen molar-refractivity contribution in [3.05, 3.63) is 48.3 Å². The van der Waals surface area contributed by atoms with Gasteiger partial charge in [-0.2, -0.15) is 0 Å². The van der Waals surface area contributed by atoms with Gasteiger partial charge in [-0.3, -0.25) is 4.79 Å². The Bertz CT molecular complexity index is 1060. The largest absolute Gasteiger partial charge is 0.497 e. The number of hydrogen-bond donors (Lipinski definition) is 0. The van der Waals surface area contributed by atoms with Crippen molar-refractivity contribution >= 4 is 38.3 Å². The molecule has 3 aromatic rings. The highest BCUT2D eigenvalue weighted by atomic mass is 32.1. The summed E-state index contributed by atoms with van der Waals surface area (Å²) in [5.41, 5.74) is 1.97. The number of anilines is 2. The molecule has 3 heterocycles. The van der Waals surface area contributed by atoms with Gasteiger partial charge in [0.2, 0.25) is 5.91 Å². The maximum Gasteiger partial charge on any atom is 0.229 e. The van der Waals surface area contributed by atoms with Gasteiger partial charge in [-0.1, -0.05) is 11.3 Å². The molecule has 6 nitrogen and oxygen atoms in total. The third kappa shape index (κ3) is 3.56. The Morgan fingerprint density at radius 2 is 1.80 bits per heavy atom. The molecule has 2 saturated heterocycles. The van der Waals surface area contributed by atoms with Crippen molar-refractivity contribution in [1.29, 1.82) is 0 Å². The van der Waals surface area contributed by atoms with E-state index < -0.39 is 0 Å². The first-order chi connectivity index (χ1) is 14.6. The number of hydrogen-bond acceptors (Lipinski definition) is 6. The SMILES string of the molecule is COc1ccc2nc(N3CC(C(=O)N4CCN(c5ccc(F)cc5)CC4)C3)sc2c1. The zero-order valence-corrected chi connectivity index (χ0v) is 17.6. The van der Waals surface area contributed by atoms with Gasteiger partial charge in [0.25, 0.3) is 0 Å². The van der Waals surface area contributed by atoms with E-state index in [1.165, 1.54) is 12.1 Å². The Morgan fingerprint density at radius 3 is 2.50 bits per heavy atom. The second kappa shape index (κ2) is 7.75. The minimum Gasteiger partial charge on any atom is -0.497 e. The van der Waals surface area contributed by atoms with E-state index in [4.69, 9.17) is 9.72 Å². The number of nitrogens with zero attached hydrogens (tertiary/aromatic N) is 4. The van der Waals surface area contributed by atoms with E-state index in [0.29, 0.717) is 26.2 Å². The molecule has 1 aromatic heterocycles. The Balaban J connectivity index is 1.16. The number of rotatable bonds is 4. The van der Waals surface area contributed by atoms with Crippen LogP contribution in [0.5, 0.6) is 5.75 Å². The summed E-state index contributed by atoms with van der Waals surface area (Å²) in [6.07, 6.45) is 0. The lowest BCUT2D eigenvalue weighted by molar-refractivity contribution is -0.136. The van der Waals surface area contributed by atoms with Crippen LogP contribution in [0.15, 0.2) is 42.5 Å². The zero-order chi connectivity index (χ0) is 20.7. The molecule has 0 unspecified atom stereocenters. The number of carbonyl (C=O) groups is 1. The van der Waals surface area contributed by atoms with Crippen molar-refractivity contribution < 1.29 is 13.9 Å². The van der Waals surface area contributed by atoms with Crippen LogP contribution >= 0.6 is 11.3 Å². The molecule has 0 radical (unpaired) electrons. The van der Waals surface area contributed by atoms with Crippen LogP contribution in [0.1, 0.15) is 0 Å². The minimum atomic E-state index is -0.227. The monoisotopic (exact) mass is 426 g/mol. The lowest BCUT2D eigenvalue weighted by Crippen LogP contribution is -2.58. The van der Waals surface area contributed by atoms with Gasteiger partial charge in [0.1, 0.15) is 11.6 Å². The molecule has 0 N–H and O–H groups in total. The van der Waals surface area contributed by atoms with Gasteiger partial charge in [-0.05, 0) is 42.5 Å².